The number of nitrogens with two attached hydrogens (primary N) is 1. The van der Waals surface area contributed by atoms with Crippen molar-refractivity contribution in [3.05, 3.63) is 47.5 Å². The van der Waals surface area contributed by atoms with Gasteiger partial charge in [-0.25, -0.2) is 14.4 Å². The number of benzene rings is 2. The number of carbonyl (C=O) groups excluding carboxylic acids is 2. The van der Waals surface area contributed by atoms with Crippen LogP contribution in [0.2, 0.25) is 5.02 Å². The predicted molar refractivity (Wildman–Crippen MR) is 146 cm³/mol. The molecule has 2 aliphatic rings. The minimum atomic E-state index is -0.605. The van der Waals surface area contributed by atoms with Crippen LogP contribution in [0.3, 0.4) is 0 Å². The van der Waals surface area contributed by atoms with Crippen molar-refractivity contribution in [3.63, 3.8) is 0 Å². The lowest BCUT2D eigenvalue weighted by atomic mass is 10.2. The molecule has 3 heterocycles. The van der Waals surface area contributed by atoms with Gasteiger partial charge in [0.2, 0.25) is 0 Å². The molecule has 3 N–H and O–H groups in total. The molecule has 0 spiro atoms. The normalized spacial score (nSPS) is 17.8. The number of nitrogens with one attached hydrogen (secondary N) is 1. The van der Waals surface area contributed by atoms with E-state index in [1.54, 1.807) is 23.1 Å². The second-order valence-electron chi connectivity index (χ2n) is 9.62. The molecule has 2 saturated heterocycles. The monoisotopic (exact) mass is 556 g/mol. The first kappa shape index (κ1) is 26.9. The first-order valence-electron chi connectivity index (χ1n) is 13.0. The van der Waals surface area contributed by atoms with Crippen molar-refractivity contribution in [2.75, 3.05) is 50.4 Å². The highest BCUT2D eigenvalue weighted by molar-refractivity contribution is 6.31. The van der Waals surface area contributed by atoms with Gasteiger partial charge in [-0.05, 0) is 43.7 Å². The molecule has 1 atom stereocenters. The summed E-state index contributed by atoms with van der Waals surface area (Å²) in [5.74, 6) is 0.213. The van der Waals surface area contributed by atoms with Crippen LogP contribution < -0.4 is 15.8 Å². The number of fused-ring (bicyclic) bond motifs is 1. The van der Waals surface area contributed by atoms with Crippen molar-refractivity contribution in [2.45, 2.75) is 31.8 Å². The maximum absolute atomic E-state index is 13.5. The Labute approximate surface area is 230 Å². The van der Waals surface area contributed by atoms with Crippen LogP contribution in [0, 0.1) is 5.82 Å². The maximum atomic E-state index is 13.5. The molecular formula is C27H30ClFN6O4. The average molecular weight is 557 g/mol. The molecule has 3 aromatic rings. The van der Waals surface area contributed by atoms with Crippen LogP contribution in [-0.4, -0.2) is 77.1 Å². The number of nitrogen functional groups attached to an aromatic ring is 1. The number of esters is 1. The first-order valence-corrected chi connectivity index (χ1v) is 13.3. The van der Waals surface area contributed by atoms with E-state index in [4.69, 9.17) is 26.8 Å². The molecule has 10 nitrogen and oxygen atoms in total. The fourth-order valence-corrected chi connectivity index (χ4v) is 4.93. The molecule has 0 bridgehead atoms. The van der Waals surface area contributed by atoms with Crippen LogP contribution in [-0.2, 0) is 14.3 Å². The highest BCUT2D eigenvalue weighted by atomic mass is 35.5. The van der Waals surface area contributed by atoms with E-state index in [9.17, 15) is 14.0 Å². The van der Waals surface area contributed by atoms with E-state index in [1.807, 2.05) is 0 Å². The van der Waals surface area contributed by atoms with Crippen molar-refractivity contribution in [1.29, 1.82) is 0 Å². The van der Waals surface area contributed by atoms with Crippen LogP contribution in [0.15, 0.2) is 36.7 Å². The number of amides is 1. The number of cyclic esters (lactones) is 1. The second kappa shape index (κ2) is 12.0. The van der Waals surface area contributed by atoms with Crippen LogP contribution in [0.4, 0.5) is 21.6 Å². The third-order valence-electron chi connectivity index (χ3n) is 6.92. The van der Waals surface area contributed by atoms with Crippen LogP contribution in [0.5, 0.6) is 5.75 Å². The van der Waals surface area contributed by atoms with E-state index in [0.29, 0.717) is 66.4 Å². The van der Waals surface area contributed by atoms with E-state index in [0.717, 1.165) is 32.5 Å². The van der Waals surface area contributed by atoms with E-state index < -0.39 is 11.9 Å². The quantitative estimate of drug-likeness (QED) is 0.230. The predicted octanol–water partition coefficient (Wildman–Crippen LogP) is 3.76. The van der Waals surface area contributed by atoms with Crippen molar-refractivity contribution < 1.29 is 23.5 Å². The molecule has 1 amide bonds. The number of hydrogen-bond donors (Lipinski definition) is 2. The summed E-state index contributed by atoms with van der Waals surface area (Å²) >= 11 is 5.89. The molecule has 2 aliphatic heterocycles. The SMILES string of the molecule is Nc1cc2c(Nc3ccc(F)c(Cl)c3)ncnc2cc1OCCCCN1CCN(C(=O)C2CCC(=O)O2)CC1. The molecular weight excluding hydrogens is 527 g/mol. The molecule has 2 aromatic carbocycles. The summed E-state index contributed by atoms with van der Waals surface area (Å²) in [4.78, 5) is 36.5. The number of hydrogen-bond acceptors (Lipinski definition) is 9. The Balaban J connectivity index is 1.08. The summed E-state index contributed by atoms with van der Waals surface area (Å²) in [6.45, 7) is 4.29. The van der Waals surface area contributed by atoms with Crippen LogP contribution >= 0.6 is 11.6 Å². The standard InChI is InChI=1S/C27H30ClFN6O4/c28-19-13-17(3-4-20(19)29)33-26-18-14-21(30)24(15-22(18)31-16-32-26)38-12-2-1-7-34-8-10-35(11-9-34)27(37)23-5-6-25(36)39-23/h3-4,13-16,23H,1-2,5-12,30H2,(H,31,32,33). The highest BCUT2D eigenvalue weighted by Gasteiger charge is 2.34. The third-order valence-corrected chi connectivity index (χ3v) is 7.21. The van der Waals surface area contributed by atoms with Crippen molar-refractivity contribution in [2.24, 2.45) is 0 Å². The van der Waals surface area contributed by atoms with Gasteiger partial charge in [0.25, 0.3) is 5.91 Å². The molecule has 0 saturated carbocycles. The van der Waals surface area contributed by atoms with Gasteiger partial charge in [-0.15, -0.1) is 0 Å². The Morgan fingerprint density at radius 1 is 1.18 bits per heavy atom. The number of nitrogens with zero attached hydrogens (tertiary/aromatic N) is 4. The number of rotatable bonds is 9. The lowest BCUT2D eigenvalue weighted by Gasteiger charge is -2.35. The van der Waals surface area contributed by atoms with Crippen molar-refractivity contribution in [1.82, 2.24) is 19.8 Å². The van der Waals surface area contributed by atoms with Crippen LogP contribution in [0.1, 0.15) is 25.7 Å². The van der Waals surface area contributed by atoms with Crippen LogP contribution in [0.25, 0.3) is 10.9 Å². The number of ether oxygens (including phenoxy) is 2. The molecule has 2 fully saturated rings. The summed E-state index contributed by atoms with van der Waals surface area (Å²) in [7, 11) is 0. The molecule has 206 valence electrons. The molecule has 1 unspecified atom stereocenters. The zero-order valence-electron chi connectivity index (χ0n) is 21.4. The van der Waals surface area contributed by atoms with E-state index in [2.05, 4.69) is 20.2 Å². The Bertz CT molecular complexity index is 1370. The third kappa shape index (κ3) is 6.48. The summed E-state index contributed by atoms with van der Waals surface area (Å²) < 4.78 is 24.6. The Hall–Kier alpha value is -3.70. The number of aromatic nitrogens is 2. The zero-order chi connectivity index (χ0) is 27.4. The molecule has 0 aliphatic carbocycles. The summed E-state index contributed by atoms with van der Waals surface area (Å²) in [5.41, 5.74) is 7.98. The highest BCUT2D eigenvalue weighted by Crippen LogP contribution is 2.32. The maximum Gasteiger partial charge on any atom is 0.306 e. The van der Waals surface area contributed by atoms with Gasteiger partial charge in [0.15, 0.2) is 6.10 Å². The largest absolute Gasteiger partial charge is 0.491 e. The van der Waals surface area contributed by atoms with E-state index >= 15 is 0 Å². The van der Waals surface area contributed by atoms with Gasteiger partial charge in [-0.3, -0.25) is 14.5 Å². The van der Waals surface area contributed by atoms with Gasteiger partial charge in [0.1, 0.15) is 23.7 Å². The smallest absolute Gasteiger partial charge is 0.306 e. The van der Waals surface area contributed by atoms with Gasteiger partial charge in [-0.1, -0.05) is 11.6 Å². The lowest BCUT2D eigenvalue weighted by molar-refractivity contribution is -0.153. The Morgan fingerprint density at radius 2 is 2.00 bits per heavy atom. The summed E-state index contributed by atoms with van der Waals surface area (Å²) in [5, 5.41) is 3.85. The number of anilines is 3. The summed E-state index contributed by atoms with van der Waals surface area (Å²) in [6, 6.07) is 7.88. The minimum absolute atomic E-state index is 0.0130. The fourth-order valence-electron chi connectivity index (χ4n) is 4.75. The minimum Gasteiger partial charge on any atom is -0.491 e. The number of unbranched alkanes of at least 4 members (excludes halogenated alkanes) is 1. The molecule has 12 heteroatoms. The fraction of sp³-hybridized carbons (Fsp3) is 0.407. The van der Waals surface area contributed by atoms with Gasteiger partial charge in [0, 0.05) is 56.2 Å². The van der Waals surface area contributed by atoms with Gasteiger partial charge < -0.3 is 25.4 Å². The number of halogens is 2. The number of piperazine rings is 1. The molecule has 39 heavy (non-hydrogen) atoms. The second-order valence-corrected chi connectivity index (χ2v) is 10.0. The van der Waals surface area contributed by atoms with E-state index in [-0.39, 0.29) is 16.9 Å². The molecule has 1 aromatic heterocycles. The first-order chi connectivity index (χ1) is 18.9. The molecule has 5 rings (SSSR count). The molecule has 0 radical (unpaired) electrons. The number of carbonyl (C=O) groups is 2. The van der Waals surface area contributed by atoms with Crippen molar-refractivity contribution in [3.8, 4) is 5.75 Å². The lowest BCUT2D eigenvalue weighted by Crippen LogP contribution is -2.51. The van der Waals surface area contributed by atoms with E-state index in [1.165, 1.54) is 18.5 Å². The van der Waals surface area contributed by atoms with Gasteiger partial charge in [0.05, 0.1) is 22.8 Å². The summed E-state index contributed by atoms with van der Waals surface area (Å²) in [6.07, 6.45) is 3.42. The zero-order valence-corrected chi connectivity index (χ0v) is 22.1. The Kier molecular flexibility index (Phi) is 8.27. The topological polar surface area (TPSA) is 123 Å². The van der Waals surface area contributed by atoms with Gasteiger partial charge in [-0.2, -0.15) is 0 Å². The van der Waals surface area contributed by atoms with Gasteiger partial charge >= 0.3 is 5.97 Å². The Morgan fingerprint density at radius 3 is 2.74 bits per heavy atom. The average Bonchev–Trinajstić information content (AvgIpc) is 3.37. The van der Waals surface area contributed by atoms with Crippen molar-refractivity contribution >= 4 is 51.6 Å².